The first-order chi connectivity index (χ1) is 10.3. The molecule has 1 aromatic carbocycles. The van der Waals surface area contributed by atoms with Gasteiger partial charge in [0.05, 0.1) is 6.10 Å². The molecular formula is C14H17FN2O4S. The highest BCUT2D eigenvalue weighted by atomic mass is 32.2. The van der Waals surface area contributed by atoms with Crippen molar-refractivity contribution in [3.8, 4) is 0 Å². The van der Waals surface area contributed by atoms with E-state index in [0.29, 0.717) is 22.4 Å². The summed E-state index contributed by atoms with van der Waals surface area (Å²) in [6.07, 6.45) is 0.220. The molecule has 120 valence electrons. The molecule has 1 aromatic heterocycles. The third-order valence-electron chi connectivity index (χ3n) is 3.25. The molecule has 0 aliphatic rings. The number of aromatic nitrogens is 1. The number of nitrogens with zero attached hydrogens (tertiary/aromatic N) is 1. The summed E-state index contributed by atoms with van der Waals surface area (Å²) in [6.45, 7) is 3.04. The fourth-order valence-electron chi connectivity index (χ4n) is 1.82. The van der Waals surface area contributed by atoms with Crippen LogP contribution >= 0.6 is 0 Å². The largest absolute Gasteiger partial charge is 0.387 e. The Morgan fingerprint density at radius 2 is 2.09 bits per heavy atom. The molecule has 2 N–H and O–H groups in total. The second kappa shape index (κ2) is 6.55. The Kier molecular flexibility index (Phi) is 4.94. The molecule has 1 atom stereocenters. The summed E-state index contributed by atoms with van der Waals surface area (Å²) in [4.78, 5) is 0. The van der Waals surface area contributed by atoms with Gasteiger partial charge in [0.15, 0.2) is 0 Å². The van der Waals surface area contributed by atoms with Crippen molar-refractivity contribution < 1.29 is 22.4 Å². The average Bonchev–Trinajstić information content (AvgIpc) is 2.84. The van der Waals surface area contributed by atoms with Crippen LogP contribution in [0.15, 0.2) is 29.0 Å². The number of aliphatic hydroxyl groups excluding tert-OH is 1. The zero-order valence-electron chi connectivity index (χ0n) is 12.2. The van der Waals surface area contributed by atoms with Gasteiger partial charge >= 0.3 is 0 Å². The molecular weight excluding hydrogens is 311 g/mol. The predicted molar refractivity (Wildman–Crippen MR) is 78.0 cm³/mol. The van der Waals surface area contributed by atoms with Crippen molar-refractivity contribution in [2.75, 3.05) is 6.54 Å². The van der Waals surface area contributed by atoms with Gasteiger partial charge in [-0.25, -0.2) is 17.5 Å². The van der Waals surface area contributed by atoms with E-state index < -0.39 is 21.9 Å². The van der Waals surface area contributed by atoms with E-state index in [1.165, 1.54) is 18.4 Å². The zero-order chi connectivity index (χ0) is 16.3. The quantitative estimate of drug-likeness (QED) is 0.840. The third-order valence-corrected chi connectivity index (χ3v) is 4.51. The highest BCUT2D eigenvalue weighted by molar-refractivity contribution is 7.88. The van der Waals surface area contributed by atoms with Crippen LogP contribution in [0.2, 0.25) is 0 Å². The number of hydrogen-bond donors (Lipinski definition) is 2. The van der Waals surface area contributed by atoms with Crippen LogP contribution in [0.4, 0.5) is 4.39 Å². The molecule has 0 spiro atoms. The molecule has 0 aliphatic carbocycles. The molecule has 0 amide bonds. The van der Waals surface area contributed by atoms with E-state index >= 15 is 0 Å². The van der Waals surface area contributed by atoms with Crippen molar-refractivity contribution in [3.05, 3.63) is 52.7 Å². The minimum atomic E-state index is -3.67. The number of aliphatic hydroxyl groups is 1. The lowest BCUT2D eigenvalue weighted by Gasteiger charge is -2.13. The molecule has 0 fully saturated rings. The average molecular weight is 328 g/mol. The number of nitrogens with one attached hydrogen (secondary N) is 1. The van der Waals surface area contributed by atoms with Crippen molar-refractivity contribution in [1.82, 2.24) is 9.88 Å². The van der Waals surface area contributed by atoms with Gasteiger partial charge in [-0.2, -0.15) is 0 Å². The Morgan fingerprint density at radius 3 is 2.68 bits per heavy atom. The lowest BCUT2D eigenvalue weighted by Crippen LogP contribution is -2.30. The van der Waals surface area contributed by atoms with E-state index in [0.717, 1.165) is 0 Å². The van der Waals surface area contributed by atoms with Gasteiger partial charge in [0.25, 0.3) is 0 Å². The molecule has 22 heavy (non-hydrogen) atoms. The number of sulfonamides is 1. The summed E-state index contributed by atoms with van der Waals surface area (Å²) >= 11 is 0. The highest BCUT2D eigenvalue weighted by Crippen LogP contribution is 2.16. The lowest BCUT2D eigenvalue weighted by molar-refractivity contribution is 0.181. The summed E-state index contributed by atoms with van der Waals surface area (Å²) in [5.41, 5.74) is 1.70. The fraction of sp³-hybridized carbons (Fsp3) is 0.357. The Labute approximate surface area is 128 Å². The Morgan fingerprint density at radius 1 is 1.36 bits per heavy atom. The minimum absolute atomic E-state index is 0.248. The molecule has 0 radical (unpaired) electrons. The number of aryl methyl sites for hydroxylation is 2. The summed E-state index contributed by atoms with van der Waals surface area (Å²) in [7, 11) is -3.67. The third kappa shape index (κ3) is 4.12. The molecule has 6 nitrogen and oxygen atoms in total. The molecule has 1 heterocycles. The van der Waals surface area contributed by atoms with Crippen LogP contribution < -0.4 is 4.72 Å². The predicted octanol–water partition coefficient (Wildman–Crippen LogP) is 1.58. The van der Waals surface area contributed by atoms with Crippen LogP contribution in [0, 0.1) is 19.7 Å². The molecule has 2 rings (SSSR count). The maximum absolute atomic E-state index is 13.4. The summed E-state index contributed by atoms with van der Waals surface area (Å²) in [5, 5.41) is 13.6. The first kappa shape index (κ1) is 16.6. The second-order valence-electron chi connectivity index (χ2n) is 5.08. The van der Waals surface area contributed by atoms with Gasteiger partial charge in [-0.3, -0.25) is 0 Å². The van der Waals surface area contributed by atoms with Crippen molar-refractivity contribution in [1.29, 1.82) is 0 Å². The van der Waals surface area contributed by atoms with Gasteiger partial charge < -0.3 is 9.63 Å². The van der Waals surface area contributed by atoms with Gasteiger partial charge in [-0.05, 0) is 31.0 Å². The first-order valence-electron chi connectivity index (χ1n) is 6.60. The van der Waals surface area contributed by atoms with E-state index in [1.54, 1.807) is 19.9 Å². The monoisotopic (exact) mass is 328 g/mol. The molecule has 8 heteroatoms. The number of halogens is 1. The number of rotatable bonds is 6. The maximum Gasteiger partial charge on any atom is 0.217 e. The summed E-state index contributed by atoms with van der Waals surface area (Å²) in [6, 6.07) is 4.27. The minimum Gasteiger partial charge on any atom is -0.387 e. The van der Waals surface area contributed by atoms with E-state index in [-0.39, 0.29) is 12.3 Å². The van der Waals surface area contributed by atoms with E-state index in [9.17, 15) is 17.9 Å². The van der Waals surface area contributed by atoms with Crippen LogP contribution in [0.25, 0.3) is 0 Å². The van der Waals surface area contributed by atoms with Crippen molar-refractivity contribution in [3.63, 3.8) is 0 Å². The lowest BCUT2D eigenvalue weighted by atomic mass is 10.1. The van der Waals surface area contributed by atoms with Crippen molar-refractivity contribution in [2.24, 2.45) is 0 Å². The van der Waals surface area contributed by atoms with Crippen LogP contribution in [0.5, 0.6) is 0 Å². The van der Waals surface area contributed by atoms with Gasteiger partial charge in [-0.15, -0.1) is 0 Å². The summed E-state index contributed by atoms with van der Waals surface area (Å²) < 4.78 is 44.3. The van der Waals surface area contributed by atoms with Gasteiger partial charge in [-0.1, -0.05) is 17.3 Å². The van der Waals surface area contributed by atoms with Gasteiger partial charge in [0.2, 0.25) is 10.0 Å². The van der Waals surface area contributed by atoms with E-state index in [2.05, 4.69) is 14.4 Å². The van der Waals surface area contributed by atoms with Crippen LogP contribution in [-0.4, -0.2) is 25.2 Å². The fourth-order valence-corrected chi connectivity index (χ4v) is 2.97. The van der Waals surface area contributed by atoms with Gasteiger partial charge in [0.1, 0.15) is 23.5 Å². The Balaban J connectivity index is 1.99. The molecule has 0 saturated heterocycles. The highest BCUT2D eigenvalue weighted by Gasteiger charge is 2.18. The van der Waals surface area contributed by atoms with E-state index in [4.69, 9.17) is 0 Å². The first-order valence-corrected chi connectivity index (χ1v) is 8.25. The zero-order valence-corrected chi connectivity index (χ0v) is 13.0. The second-order valence-corrected chi connectivity index (χ2v) is 6.88. The van der Waals surface area contributed by atoms with Gasteiger partial charge in [0, 0.05) is 12.1 Å². The normalized spacial score (nSPS) is 13.3. The van der Waals surface area contributed by atoms with Crippen molar-refractivity contribution in [2.45, 2.75) is 25.7 Å². The maximum atomic E-state index is 13.4. The Hall–Kier alpha value is -1.77. The molecule has 2 aromatic rings. The molecule has 1 unspecified atom stereocenters. The SMILES string of the molecule is Cc1ccc(C(O)CNS(=O)(=O)Cc2nocc2C)cc1F. The van der Waals surface area contributed by atoms with Crippen LogP contribution in [0.3, 0.4) is 0 Å². The van der Waals surface area contributed by atoms with E-state index in [1.807, 2.05) is 0 Å². The Bertz CT molecular complexity index is 758. The smallest absolute Gasteiger partial charge is 0.217 e. The number of benzene rings is 1. The number of hydrogen-bond acceptors (Lipinski definition) is 5. The summed E-state index contributed by atoms with van der Waals surface area (Å²) in [5.74, 6) is -0.790. The standard InChI is InChI=1S/C14H17FN2O4S/c1-9-3-4-11(5-12(9)15)14(18)6-16-22(19,20)8-13-10(2)7-21-17-13/h3-5,7,14,16,18H,6,8H2,1-2H3. The van der Waals surface area contributed by atoms with Crippen LogP contribution in [-0.2, 0) is 15.8 Å². The molecule has 0 bridgehead atoms. The molecule has 0 aliphatic heterocycles. The molecule has 0 saturated carbocycles. The topological polar surface area (TPSA) is 92.4 Å². The van der Waals surface area contributed by atoms with Crippen LogP contribution in [0.1, 0.15) is 28.5 Å². The van der Waals surface area contributed by atoms with Crippen molar-refractivity contribution >= 4 is 10.0 Å².